The second kappa shape index (κ2) is 6.91. The molecule has 94 valence electrons. The Kier molecular flexibility index (Phi) is 5.49. The van der Waals surface area contributed by atoms with Gasteiger partial charge in [-0.05, 0) is 43.5 Å². The van der Waals surface area contributed by atoms with Crippen molar-refractivity contribution in [2.45, 2.75) is 19.8 Å². The summed E-state index contributed by atoms with van der Waals surface area (Å²) in [4.78, 5) is 10.8. The minimum absolute atomic E-state index is 0.316. The van der Waals surface area contributed by atoms with E-state index in [0.29, 0.717) is 23.5 Å². The predicted molar refractivity (Wildman–Crippen MR) is 64.7 cm³/mol. The van der Waals surface area contributed by atoms with Crippen LogP contribution in [0.5, 0.6) is 5.75 Å². The Morgan fingerprint density at radius 2 is 2.00 bits per heavy atom. The van der Waals surface area contributed by atoms with Crippen molar-refractivity contribution in [3.8, 4) is 5.75 Å². The molecule has 0 aliphatic carbocycles. The van der Waals surface area contributed by atoms with E-state index in [1.165, 1.54) is 0 Å². The first kappa shape index (κ1) is 13.5. The van der Waals surface area contributed by atoms with Crippen LogP contribution in [-0.4, -0.2) is 31.4 Å². The van der Waals surface area contributed by atoms with E-state index in [0.717, 1.165) is 19.4 Å². The van der Waals surface area contributed by atoms with Gasteiger partial charge in [-0.25, -0.2) is 4.79 Å². The summed E-state index contributed by atoms with van der Waals surface area (Å²) in [6.07, 6.45) is 1.89. The van der Waals surface area contributed by atoms with Gasteiger partial charge in [0.05, 0.1) is 12.2 Å². The molecule has 17 heavy (non-hydrogen) atoms. The number of aryl methyl sites for hydroxylation is 1. The zero-order chi connectivity index (χ0) is 12.7. The van der Waals surface area contributed by atoms with Gasteiger partial charge < -0.3 is 14.6 Å². The zero-order valence-electron chi connectivity index (χ0n) is 10.2. The summed E-state index contributed by atoms with van der Waals surface area (Å²) < 4.78 is 10.5. The predicted octanol–water partition coefficient (Wildman–Crippen LogP) is 2.50. The largest absolute Gasteiger partial charge is 0.494 e. The lowest BCUT2D eigenvalue weighted by Crippen LogP contribution is -2.02. The van der Waals surface area contributed by atoms with E-state index >= 15 is 0 Å². The number of ether oxygens (including phenoxy) is 2. The van der Waals surface area contributed by atoms with Crippen LogP contribution in [0.3, 0.4) is 0 Å². The van der Waals surface area contributed by atoms with E-state index in [1.807, 2.05) is 0 Å². The molecule has 0 radical (unpaired) electrons. The van der Waals surface area contributed by atoms with E-state index in [-0.39, 0.29) is 0 Å². The molecular weight excluding hydrogens is 220 g/mol. The Morgan fingerprint density at radius 3 is 2.59 bits per heavy atom. The summed E-state index contributed by atoms with van der Waals surface area (Å²) in [5.41, 5.74) is 1.03. The molecule has 0 unspecified atom stereocenters. The van der Waals surface area contributed by atoms with Gasteiger partial charge in [-0.2, -0.15) is 0 Å². The highest BCUT2D eigenvalue weighted by molar-refractivity contribution is 5.89. The number of hydrogen-bond acceptors (Lipinski definition) is 3. The molecular formula is C13H18O4. The van der Waals surface area contributed by atoms with Gasteiger partial charge >= 0.3 is 5.97 Å². The maximum Gasteiger partial charge on any atom is 0.335 e. The topological polar surface area (TPSA) is 55.8 Å². The SMILES string of the molecule is COCCCCOc1ccc(C(=O)O)c(C)c1. The summed E-state index contributed by atoms with van der Waals surface area (Å²) in [7, 11) is 1.68. The number of carboxylic acid groups (broad SMARTS) is 1. The first-order valence-corrected chi connectivity index (χ1v) is 5.61. The van der Waals surface area contributed by atoms with E-state index in [9.17, 15) is 4.79 Å². The quantitative estimate of drug-likeness (QED) is 0.741. The van der Waals surface area contributed by atoms with Crippen LogP contribution >= 0.6 is 0 Å². The van der Waals surface area contributed by atoms with Crippen LogP contribution in [0.4, 0.5) is 0 Å². The molecule has 0 aromatic heterocycles. The summed E-state index contributed by atoms with van der Waals surface area (Å²) in [6.45, 7) is 3.12. The molecule has 0 saturated heterocycles. The van der Waals surface area contributed by atoms with Crippen molar-refractivity contribution < 1.29 is 19.4 Å². The van der Waals surface area contributed by atoms with Crippen LogP contribution in [0.2, 0.25) is 0 Å². The number of carbonyl (C=O) groups is 1. The van der Waals surface area contributed by atoms with E-state index in [1.54, 1.807) is 32.2 Å². The van der Waals surface area contributed by atoms with Crippen molar-refractivity contribution in [2.24, 2.45) is 0 Å². The molecule has 0 fully saturated rings. The number of rotatable bonds is 7. The fourth-order valence-corrected chi connectivity index (χ4v) is 1.50. The number of aromatic carboxylic acids is 1. The molecule has 0 saturated carbocycles. The first-order valence-electron chi connectivity index (χ1n) is 5.61. The summed E-state index contributed by atoms with van der Waals surface area (Å²) >= 11 is 0. The molecule has 0 aliphatic rings. The lowest BCUT2D eigenvalue weighted by atomic mass is 10.1. The Bertz CT molecular complexity index is 374. The van der Waals surface area contributed by atoms with Crippen LogP contribution in [0.1, 0.15) is 28.8 Å². The third-order valence-corrected chi connectivity index (χ3v) is 2.44. The Labute approximate surface area is 101 Å². The molecule has 1 aromatic carbocycles. The minimum Gasteiger partial charge on any atom is -0.494 e. The molecule has 4 heteroatoms. The molecule has 0 heterocycles. The van der Waals surface area contributed by atoms with Crippen molar-refractivity contribution in [3.63, 3.8) is 0 Å². The van der Waals surface area contributed by atoms with Gasteiger partial charge in [-0.15, -0.1) is 0 Å². The first-order chi connectivity index (χ1) is 8.15. The van der Waals surface area contributed by atoms with Crippen LogP contribution in [0, 0.1) is 6.92 Å². The maximum atomic E-state index is 10.8. The molecule has 1 rings (SSSR count). The zero-order valence-corrected chi connectivity index (χ0v) is 10.2. The van der Waals surface area contributed by atoms with Gasteiger partial charge in [0, 0.05) is 13.7 Å². The number of methoxy groups -OCH3 is 1. The number of benzene rings is 1. The molecule has 0 spiro atoms. The summed E-state index contributed by atoms with van der Waals surface area (Å²) in [6, 6.07) is 5.01. The van der Waals surface area contributed by atoms with Crippen LogP contribution in [0.25, 0.3) is 0 Å². The van der Waals surface area contributed by atoms with Crippen molar-refractivity contribution in [3.05, 3.63) is 29.3 Å². The molecule has 0 amide bonds. The third-order valence-electron chi connectivity index (χ3n) is 2.44. The average molecular weight is 238 g/mol. The molecule has 0 atom stereocenters. The van der Waals surface area contributed by atoms with E-state index in [2.05, 4.69) is 0 Å². The van der Waals surface area contributed by atoms with Crippen LogP contribution in [0.15, 0.2) is 18.2 Å². The molecule has 4 nitrogen and oxygen atoms in total. The van der Waals surface area contributed by atoms with Crippen molar-refractivity contribution in [1.82, 2.24) is 0 Å². The molecule has 0 aliphatic heterocycles. The molecule has 1 N–H and O–H groups in total. The lowest BCUT2D eigenvalue weighted by molar-refractivity contribution is 0.0696. The smallest absolute Gasteiger partial charge is 0.335 e. The van der Waals surface area contributed by atoms with Gasteiger partial charge in [0.2, 0.25) is 0 Å². The Balaban J connectivity index is 2.45. The second-order valence-corrected chi connectivity index (χ2v) is 3.83. The van der Waals surface area contributed by atoms with Crippen molar-refractivity contribution in [1.29, 1.82) is 0 Å². The highest BCUT2D eigenvalue weighted by atomic mass is 16.5. The van der Waals surface area contributed by atoms with Crippen molar-refractivity contribution >= 4 is 5.97 Å². The second-order valence-electron chi connectivity index (χ2n) is 3.83. The van der Waals surface area contributed by atoms with Gasteiger partial charge in [0.15, 0.2) is 0 Å². The maximum absolute atomic E-state index is 10.8. The van der Waals surface area contributed by atoms with E-state index in [4.69, 9.17) is 14.6 Å². The number of unbranched alkanes of at least 4 members (excludes halogenated alkanes) is 1. The van der Waals surface area contributed by atoms with Gasteiger partial charge in [-0.1, -0.05) is 0 Å². The van der Waals surface area contributed by atoms with Gasteiger partial charge in [-0.3, -0.25) is 0 Å². The molecule has 0 bridgehead atoms. The van der Waals surface area contributed by atoms with Crippen LogP contribution < -0.4 is 4.74 Å². The fraction of sp³-hybridized carbons (Fsp3) is 0.462. The van der Waals surface area contributed by atoms with Gasteiger partial charge in [0.25, 0.3) is 0 Å². The van der Waals surface area contributed by atoms with E-state index < -0.39 is 5.97 Å². The fourth-order valence-electron chi connectivity index (χ4n) is 1.50. The lowest BCUT2D eigenvalue weighted by Gasteiger charge is -2.08. The number of hydrogen-bond donors (Lipinski definition) is 1. The minimum atomic E-state index is -0.908. The third kappa shape index (κ3) is 4.44. The number of carboxylic acids is 1. The summed E-state index contributed by atoms with van der Waals surface area (Å²) in [5.74, 6) is -0.195. The molecule has 1 aromatic rings. The summed E-state index contributed by atoms with van der Waals surface area (Å²) in [5, 5.41) is 8.88. The normalized spacial score (nSPS) is 10.2. The van der Waals surface area contributed by atoms with Crippen LogP contribution in [-0.2, 0) is 4.74 Å². The highest BCUT2D eigenvalue weighted by Crippen LogP contribution is 2.17. The highest BCUT2D eigenvalue weighted by Gasteiger charge is 2.07. The monoisotopic (exact) mass is 238 g/mol. The van der Waals surface area contributed by atoms with Crippen molar-refractivity contribution in [2.75, 3.05) is 20.3 Å². The Hall–Kier alpha value is -1.55. The standard InChI is InChI=1S/C13H18O4/c1-10-9-11(5-6-12(10)13(14)15)17-8-4-3-7-16-2/h5-6,9H,3-4,7-8H2,1-2H3,(H,14,15). The average Bonchev–Trinajstić information content (AvgIpc) is 2.28. The van der Waals surface area contributed by atoms with Gasteiger partial charge in [0.1, 0.15) is 5.75 Å². The Morgan fingerprint density at radius 1 is 1.29 bits per heavy atom.